The summed E-state index contributed by atoms with van der Waals surface area (Å²) in [4.78, 5) is 4.27. The van der Waals surface area contributed by atoms with Gasteiger partial charge >= 0.3 is 56.6 Å². The minimum atomic E-state index is 0. The first kappa shape index (κ1) is 20.0. The van der Waals surface area contributed by atoms with Crippen molar-refractivity contribution >= 4 is 0 Å². The van der Waals surface area contributed by atoms with Gasteiger partial charge in [0.1, 0.15) is 0 Å². The quantitative estimate of drug-likeness (QED) is 0.319. The Hall–Kier alpha value is 0.552. The standard InChI is InChI=1S/C10H10N.3Li/c1-3-5-9-7-8-10(11-9)6-4-2;;;/h1-4,7-8H,5-6H2;;;/q-3;3*+1. The van der Waals surface area contributed by atoms with Gasteiger partial charge in [0, 0.05) is 0 Å². The van der Waals surface area contributed by atoms with Crippen molar-refractivity contribution in [3.05, 3.63) is 48.8 Å². The predicted octanol–water partition coefficient (Wildman–Crippen LogP) is -7.28. The van der Waals surface area contributed by atoms with Crippen molar-refractivity contribution in [2.75, 3.05) is 0 Å². The summed E-state index contributed by atoms with van der Waals surface area (Å²) in [6.07, 6.45) is 4.64. The number of nitrogens with zero attached hydrogens (tertiary/aromatic N) is 1. The van der Waals surface area contributed by atoms with E-state index in [4.69, 9.17) is 13.2 Å². The summed E-state index contributed by atoms with van der Waals surface area (Å²) in [5, 5.41) is 0. The van der Waals surface area contributed by atoms with Crippen LogP contribution in [0.4, 0.5) is 0 Å². The van der Waals surface area contributed by atoms with Gasteiger partial charge < -0.3 is 18.1 Å². The molecule has 0 aliphatic heterocycles. The summed E-state index contributed by atoms with van der Waals surface area (Å²) in [5.41, 5.74) is 2.01. The molecule has 0 atom stereocenters. The van der Waals surface area contributed by atoms with Crippen LogP contribution in [0.15, 0.2) is 24.3 Å². The van der Waals surface area contributed by atoms with Crippen molar-refractivity contribution in [2.45, 2.75) is 12.8 Å². The van der Waals surface area contributed by atoms with Gasteiger partial charge in [-0.3, -0.25) is 12.2 Å². The molecule has 58 valence electrons. The van der Waals surface area contributed by atoms with E-state index in [1.165, 1.54) is 0 Å². The minimum Gasteiger partial charge on any atom is -0.664 e. The van der Waals surface area contributed by atoms with Gasteiger partial charge in [0.05, 0.1) is 0 Å². The monoisotopic (exact) mass is 165 g/mol. The van der Waals surface area contributed by atoms with Gasteiger partial charge in [0.2, 0.25) is 0 Å². The van der Waals surface area contributed by atoms with Gasteiger partial charge in [-0.1, -0.05) is 25.0 Å². The summed E-state index contributed by atoms with van der Waals surface area (Å²) in [6.45, 7) is 10.5. The van der Waals surface area contributed by atoms with E-state index in [0.29, 0.717) is 0 Å². The zero-order valence-corrected chi connectivity index (χ0v) is 9.33. The molecule has 0 saturated carbocycles. The van der Waals surface area contributed by atoms with Crippen molar-refractivity contribution in [1.82, 2.24) is 4.98 Å². The second-order valence-corrected chi connectivity index (χ2v) is 2.31. The first-order valence-corrected chi connectivity index (χ1v) is 3.55. The van der Waals surface area contributed by atoms with E-state index < -0.39 is 0 Å². The van der Waals surface area contributed by atoms with Crippen molar-refractivity contribution in [2.24, 2.45) is 0 Å². The molecule has 4 heteroatoms. The van der Waals surface area contributed by atoms with E-state index in [9.17, 15) is 0 Å². The molecule has 0 aliphatic carbocycles. The molecular formula is C10H10Li3N. The summed E-state index contributed by atoms with van der Waals surface area (Å²) >= 11 is 0. The summed E-state index contributed by atoms with van der Waals surface area (Å²) in [5.74, 6) is 0. The molecule has 0 aromatic carbocycles. The molecule has 0 fully saturated rings. The Morgan fingerprint density at radius 1 is 0.929 bits per heavy atom. The minimum absolute atomic E-state index is 0. The number of hydrogen-bond acceptors (Lipinski definition) is 0. The zero-order valence-electron chi connectivity index (χ0n) is 9.33. The van der Waals surface area contributed by atoms with Crippen LogP contribution >= 0.6 is 0 Å². The molecule has 0 radical (unpaired) electrons. The number of hydrogen-bond donors (Lipinski definition) is 0. The van der Waals surface area contributed by atoms with Crippen molar-refractivity contribution in [3.8, 4) is 0 Å². The van der Waals surface area contributed by atoms with Crippen LogP contribution in [-0.2, 0) is 12.8 Å². The van der Waals surface area contributed by atoms with Crippen LogP contribution in [-0.4, -0.2) is 0 Å². The van der Waals surface area contributed by atoms with E-state index in [-0.39, 0.29) is 56.6 Å². The molecular weight excluding hydrogens is 155 g/mol. The summed E-state index contributed by atoms with van der Waals surface area (Å²) in [7, 11) is 0. The molecule has 1 aromatic heterocycles. The van der Waals surface area contributed by atoms with Crippen LogP contribution in [0, 0.1) is 13.2 Å². The first-order chi connectivity index (χ1) is 5.36. The van der Waals surface area contributed by atoms with Gasteiger partial charge in [-0.15, -0.1) is 0 Å². The second-order valence-electron chi connectivity index (χ2n) is 2.31. The number of allylic oxidation sites excluding steroid dienone is 2. The summed E-state index contributed by atoms with van der Waals surface area (Å²) in [6, 6.07) is 3.92. The van der Waals surface area contributed by atoms with Crippen LogP contribution in [0.25, 0.3) is 0 Å². The fourth-order valence-electron chi connectivity index (χ4n) is 0.920. The molecule has 0 amide bonds. The van der Waals surface area contributed by atoms with Crippen LogP contribution in [0.3, 0.4) is 0 Å². The van der Waals surface area contributed by atoms with Crippen LogP contribution in [0.2, 0.25) is 0 Å². The normalized spacial score (nSPS) is 7.43. The predicted molar refractivity (Wildman–Crippen MR) is 44.9 cm³/mol. The van der Waals surface area contributed by atoms with Gasteiger partial charge in [-0.05, 0) is 0 Å². The average molecular weight is 165 g/mol. The molecule has 1 heterocycles. The Kier molecular flexibility index (Phi) is 16.6. The van der Waals surface area contributed by atoms with E-state index in [0.717, 1.165) is 24.2 Å². The average Bonchev–Trinajstić information content (AvgIpc) is 2.38. The Balaban J connectivity index is -0.000000403. The molecule has 14 heavy (non-hydrogen) atoms. The van der Waals surface area contributed by atoms with Gasteiger partial charge in [-0.2, -0.15) is 11.4 Å². The van der Waals surface area contributed by atoms with E-state index in [1.54, 1.807) is 12.2 Å². The largest absolute Gasteiger partial charge is 1.00 e. The Bertz CT molecular complexity index is 231. The third kappa shape index (κ3) is 6.93. The van der Waals surface area contributed by atoms with Crippen molar-refractivity contribution in [3.63, 3.8) is 0 Å². The molecule has 1 aromatic rings. The smallest absolute Gasteiger partial charge is 0.664 e. The number of aromatic nitrogens is 1. The second kappa shape index (κ2) is 11.6. The van der Waals surface area contributed by atoms with E-state index >= 15 is 0 Å². The third-order valence-electron chi connectivity index (χ3n) is 1.41. The van der Waals surface area contributed by atoms with Gasteiger partial charge in [0.25, 0.3) is 0 Å². The van der Waals surface area contributed by atoms with Gasteiger partial charge in [-0.25, -0.2) is 0 Å². The van der Waals surface area contributed by atoms with Crippen LogP contribution < -0.4 is 61.6 Å². The molecule has 1 rings (SSSR count). The van der Waals surface area contributed by atoms with Crippen molar-refractivity contribution in [1.29, 1.82) is 0 Å². The zero-order chi connectivity index (χ0) is 8.10. The molecule has 0 bridgehead atoms. The molecule has 0 saturated heterocycles. The van der Waals surface area contributed by atoms with E-state index in [1.807, 2.05) is 12.1 Å². The molecule has 0 N–H and O–H groups in total. The topological polar surface area (TPSA) is 14.1 Å². The maximum absolute atomic E-state index is 5.25. The van der Waals surface area contributed by atoms with Crippen LogP contribution in [0.5, 0.6) is 0 Å². The third-order valence-corrected chi connectivity index (χ3v) is 1.41. The molecule has 1 nitrogen and oxygen atoms in total. The van der Waals surface area contributed by atoms with Crippen molar-refractivity contribution < 1.29 is 56.6 Å². The molecule has 0 spiro atoms. The molecule has 0 aliphatic rings. The SMILES string of the molecule is [CH-]=CCc1ccc(CC=[CH-])[n-]1.[Li+].[Li+].[Li+]. The molecule has 0 unspecified atom stereocenters. The van der Waals surface area contributed by atoms with E-state index in [2.05, 4.69) is 4.98 Å². The summed E-state index contributed by atoms with van der Waals surface area (Å²) < 4.78 is 0. The number of rotatable bonds is 4. The fraction of sp³-hybridized carbons (Fsp3) is 0.200. The fourth-order valence-corrected chi connectivity index (χ4v) is 0.920. The van der Waals surface area contributed by atoms with Gasteiger partial charge in [0.15, 0.2) is 0 Å². The Labute approximate surface area is 122 Å². The maximum atomic E-state index is 5.25. The maximum Gasteiger partial charge on any atom is 1.00 e. The Morgan fingerprint density at radius 2 is 1.29 bits per heavy atom. The Morgan fingerprint density at radius 3 is 1.57 bits per heavy atom. The van der Waals surface area contributed by atoms with Crippen LogP contribution in [0.1, 0.15) is 11.4 Å². The first-order valence-electron chi connectivity index (χ1n) is 3.55.